The molecule has 3 rings (SSSR count). The van der Waals surface area contributed by atoms with Gasteiger partial charge in [-0.25, -0.2) is 0 Å². The number of aromatic nitrogens is 2. The lowest BCUT2D eigenvalue weighted by molar-refractivity contribution is -0.137. The van der Waals surface area contributed by atoms with Gasteiger partial charge in [-0.2, -0.15) is 0 Å². The molecule has 0 radical (unpaired) electrons. The van der Waals surface area contributed by atoms with E-state index in [0.29, 0.717) is 24.0 Å². The topological polar surface area (TPSA) is 59.9 Å². The number of rotatable bonds is 4. The zero-order valence-electron chi connectivity index (χ0n) is 14.8. The van der Waals surface area contributed by atoms with Crippen molar-refractivity contribution >= 4 is 11.6 Å². The first kappa shape index (κ1) is 17.2. The van der Waals surface area contributed by atoms with Crippen LogP contribution >= 0.6 is 0 Å². The molecule has 2 aromatic rings. The first-order valence-electron chi connectivity index (χ1n) is 8.50. The molecule has 0 spiro atoms. The van der Waals surface area contributed by atoms with Crippen molar-refractivity contribution in [1.82, 2.24) is 9.97 Å². The Morgan fingerprint density at radius 3 is 1.88 bits per heavy atom. The molecule has 0 fully saturated rings. The first-order valence-corrected chi connectivity index (χ1v) is 8.50. The molecule has 25 heavy (non-hydrogen) atoms. The van der Waals surface area contributed by atoms with Gasteiger partial charge in [-0.15, -0.1) is 0 Å². The number of nitrogens with zero attached hydrogens (tertiary/aromatic N) is 2. The van der Waals surface area contributed by atoms with Gasteiger partial charge in [0.2, 0.25) is 0 Å². The summed E-state index contributed by atoms with van der Waals surface area (Å²) in [5.41, 5.74) is 2.30. The molecule has 1 aliphatic carbocycles. The van der Waals surface area contributed by atoms with Crippen LogP contribution in [0.1, 0.15) is 31.9 Å². The Labute approximate surface area is 148 Å². The maximum Gasteiger partial charge on any atom is 0.166 e. The number of hydrogen-bond acceptors (Lipinski definition) is 4. The normalized spacial score (nSPS) is 20.0. The van der Waals surface area contributed by atoms with E-state index in [1.807, 2.05) is 31.2 Å². The summed E-state index contributed by atoms with van der Waals surface area (Å²) in [5.74, 6) is -0.265. The smallest absolute Gasteiger partial charge is 0.166 e. The average Bonchev–Trinajstić information content (AvgIpc) is 2.65. The number of ketones is 2. The largest absolute Gasteiger partial charge is 0.294 e. The van der Waals surface area contributed by atoms with Crippen molar-refractivity contribution in [3.05, 3.63) is 71.3 Å². The van der Waals surface area contributed by atoms with Crippen LogP contribution in [0.3, 0.4) is 0 Å². The van der Waals surface area contributed by atoms with E-state index in [0.717, 1.165) is 11.1 Å². The van der Waals surface area contributed by atoms with Crippen molar-refractivity contribution in [3.63, 3.8) is 0 Å². The highest BCUT2D eigenvalue weighted by Gasteiger charge is 2.50. The number of pyridine rings is 2. The minimum Gasteiger partial charge on any atom is -0.294 e. The van der Waals surface area contributed by atoms with Gasteiger partial charge in [0.15, 0.2) is 11.6 Å². The Kier molecular flexibility index (Phi) is 4.62. The fourth-order valence-corrected chi connectivity index (χ4v) is 3.76. The third-order valence-corrected chi connectivity index (χ3v) is 5.43. The Hall–Kier alpha value is -2.62. The Morgan fingerprint density at radius 2 is 1.44 bits per heavy atom. The van der Waals surface area contributed by atoms with Gasteiger partial charge in [-0.3, -0.25) is 19.6 Å². The van der Waals surface area contributed by atoms with E-state index in [1.165, 1.54) is 0 Å². The molecule has 0 amide bonds. The van der Waals surface area contributed by atoms with Crippen LogP contribution in [0, 0.1) is 11.3 Å². The summed E-state index contributed by atoms with van der Waals surface area (Å²) in [6.45, 7) is 5.40. The van der Waals surface area contributed by atoms with Gasteiger partial charge in [0.05, 0.1) is 5.41 Å². The number of carbonyl (C=O) groups is 2. The third kappa shape index (κ3) is 3.04. The second-order valence-electron chi connectivity index (χ2n) is 6.90. The van der Waals surface area contributed by atoms with Crippen molar-refractivity contribution in [2.45, 2.75) is 33.6 Å². The van der Waals surface area contributed by atoms with Crippen molar-refractivity contribution in [2.75, 3.05) is 0 Å². The van der Waals surface area contributed by atoms with E-state index in [-0.39, 0.29) is 17.5 Å². The van der Waals surface area contributed by atoms with Crippen LogP contribution < -0.4 is 0 Å². The molecule has 1 atom stereocenters. The molecule has 0 N–H and O–H groups in total. The zero-order valence-corrected chi connectivity index (χ0v) is 14.8. The van der Waals surface area contributed by atoms with Gasteiger partial charge in [0.25, 0.3) is 0 Å². The zero-order chi connectivity index (χ0) is 18.0. The molecule has 0 aliphatic heterocycles. The van der Waals surface area contributed by atoms with Crippen molar-refractivity contribution < 1.29 is 9.59 Å². The molecule has 0 saturated heterocycles. The van der Waals surface area contributed by atoms with Gasteiger partial charge in [0, 0.05) is 30.7 Å². The van der Waals surface area contributed by atoms with E-state index in [2.05, 4.69) is 9.97 Å². The number of allylic oxidation sites excluding steroid dienone is 2. The summed E-state index contributed by atoms with van der Waals surface area (Å²) in [7, 11) is 0. The molecule has 1 aliphatic rings. The lowest BCUT2D eigenvalue weighted by Crippen LogP contribution is -2.49. The molecule has 0 aromatic carbocycles. The lowest BCUT2D eigenvalue weighted by Gasteiger charge is -2.41. The quantitative estimate of drug-likeness (QED) is 0.860. The van der Waals surface area contributed by atoms with Gasteiger partial charge < -0.3 is 0 Å². The highest BCUT2D eigenvalue weighted by molar-refractivity contribution is 6.15. The molecule has 4 heteroatoms. The summed E-state index contributed by atoms with van der Waals surface area (Å²) in [6, 6.07) is 7.65. The SMILES string of the molecule is CC1=C(C)C(=O)C(Cc2cccnc2)(Cc2cccnc2)C(C)C1=O. The van der Waals surface area contributed by atoms with E-state index in [9.17, 15) is 9.59 Å². The number of hydrogen-bond donors (Lipinski definition) is 0. The molecule has 2 aromatic heterocycles. The molecule has 2 heterocycles. The maximum absolute atomic E-state index is 13.4. The predicted molar refractivity (Wildman–Crippen MR) is 95.9 cm³/mol. The Morgan fingerprint density at radius 1 is 0.920 bits per heavy atom. The van der Waals surface area contributed by atoms with Crippen molar-refractivity contribution in [1.29, 1.82) is 0 Å². The Balaban J connectivity index is 2.11. The van der Waals surface area contributed by atoms with Gasteiger partial charge in [-0.1, -0.05) is 19.1 Å². The van der Waals surface area contributed by atoms with Gasteiger partial charge in [0.1, 0.15) is 0 Å². The molecule has 0 saturated carbocycles. The van der Waals surface area contributed by atoms with Crippen LogP contribution in [0.25, 0.3) is 0 Å². The van der Waals surface area contributed by atoms with E-state index in [4.69, 9.17) is 0 Å². The van der Waals surface area contributed by atoms with Crippen LogP contribution in [0.15, 0.2) is 60.2 Å². The minimum atomic E-state index is -0.799. The van der Waals surface area contributed by atoms with Crippen LogP contribution in [0.5, 0.6) is 0 Å². The third-order valence-electron chi connectivity index (χ3n) is 5.43. The fourth-order valence-electron chi connectivity index (χ4n) is 3.76. The van der Waals surface area contributed by atoms with E-state index < -0.39 is 5.41 Å². The summed E-state index contributed by atoms with van der Waals surface area (Å²) in [5, 5.41) is 0. The monoisotopic (exact) mass is 334 g/mol. The van der Waals surface area contributed by atoms with Crippen molar-refractivity contribution in [2.24, 2.45) is 11.3 Å². The highest BCUT2D eigenvalue weighted by Crippen LogP contribution is 2.44. The summed E-state index contributed by atoms with van der Waals surface area (Å²) < 4.78 is 0. The average molecular weight is 334 g/mol. The van der Waals surface area contributed by atoms with Crippen LogP contribution in [0.4, 0.5) is 0 Å². The predicted octanol–water partition coefficient (Wildman–Crippen LogP) is 3.37. The molecule has 1 unspecified atom stereocenters. The Bertz CT molecular complexity index is 784. The summed E-state index contributed by atoms with van der Waals surface area (Å²) in [6.07, 6.45) is 7.96. The second-order valence-corrected chi connectivity index (χ2v) is 6.90. The number of carbonyl (C=O) groups excluding carboxylic acids is 2. The summed E-state index contributed by atoms with van der Waals surface area (Å²) in [4.78, 5) is 34.5. The van der Waals surface area contributed by atoms with Crippen LogP contribution in [-0.2, 0) is 22.4 Å². The molecule has 128 valence electrons. The molecule has 0 bridgehead atoms. The standard InChI is InChI=1S/C21H22N2O2/c1-14-15(2)20(25)21(16(3)19(14)24,10-17-6-4-8-22-12-17)11-18-7-5-9-23-13-18/h4-9,12-13,16H,10-11H2,1-3H3. The second kappa shape index (κ2) is 6.71. The fraction of sp³-hybridized carbons (Fsp3) is 0.333. The van der Waals surface area contributed by atoms with Crippen LogP contribution in [0.2, 0.25) is 0 Å². The number of Topliss-reactive ketones (excluding diaryl/α,β-unsaturated/α-hetero) is 2. The van der Waals surface area contributed by atoms with Gasteiger partial charge in [-0.05, 0) is 61.1 Å². The summed E-state index contributed by atoms with van der Waals surface area (Å²) >= 11 is 0. The van der Waals surface area contributed by atoms with E-state index >= 15 is 0 Å². The van der Waals surface area contributed by atoms with Crippen LogP contribution in [-0.4, -0.2) is 21.5 Å². The molecular formula is C21H22N2O2. The maximum atomic E-state index is 13.4. The van der Waals surface area contributed by atoms with E-state index in [1.54, 1.807) is 38.6 Å². The molecule has 4 nitrogen and oxygen atoms in total. The first-order chi connectivity index (χ1) is 12.0. The minimum absolute atomic E-state index is 0.0600. The lowest BCUT2D eigenvalue weighted by atomic mass is 9.59. The van der Waals surface area contributed by atoms with Gasteiger partial charge >= 0.3 is 0 Å². The molecular weight excluding hydrogens is 312 g/mol. The van der Waals surface area contributed by atoms with Crippen molar-refractivity contribution in [3.8, 4) is 0 Å². The highest BCUT2D eigenvalue weighted by atomic mass is 16.1.